The monoisotopic (exact) mass is 323 g/mol. The Morgan fingerprint density at radius 1 is 1.26 bits per heavy atom. The van der Waals surface area contributed by atoms with Crippen LogP contribution < -0.4 is 5.32 Å². The van der Waals surface area contributed by atoms with E-state index in [1.807, 2.05) is 0 Å². The number of aryl methyl sites for hydroxylation is 1. The summed E-state index contributed by atoms with van der Waals surface area (Å²) in [6.07, 6.45) is 2.12. The largest absolute Gasteiger partial charge is 0.409 e. The highest BCUT2D eigenvalue weighted by Gasteiger charge is 2.48. The fourth-order valence-electron chi connectivity index (χ4n) is 4.01. The van der Waals surface area contributed by atoms with Gasteiger partial charge in [0.25, 0.3) is 0 Å². The average Bonchev–Trinajstić information content (AvgIpc) is 2.51. The van der Waals surface area contributed by atoms with E-state index in [1.54, 1.807) is 0 Å². The molecule has 126 valence electrons. The van der Waals surface area contributed by atoms with Gasteiger partial charge < -0.3 is 10.5 Å². The highest BCUT2D eigenvalue weighted by atomic mass is 19.1. The molecule has 3 aliphatic rings. The molecule has 0 saturated carbocycles. The molecule has 0 spiro atoms. The molecule has 3 fully saturated rings. The van der Waals surface area contributed by atoms with Gasteiger partial charge in [-0.05, 0) is 70.3 Å². The van der Waals surface area contributed by atoms with E-state index < -0.39 is 11.6 Å². The maximum atomic E-state index is 14.2. The Bertz CT molecular complexity index is 637. The van der Waals surface area contributed by atoms with Crippen LogP contribution in [0.2, 0.25) is 0 Å². The summed E-state index contributed by atoms with van der Waals surface area (Å²) < 4.78 is 28.0. The lowest BCUT2D eigenvalue weighted by Gasteiger charge is -2.56. The lowest BCUT2D eigenvalue weighted by Crippen LogP contribution is -2.69. The van der Waals surface area contributed by atoms with Crippen molar-refractivity contribution in [2.45, 2.75) is 45.2 Å². The summed E-state index contributed by atoms with van der Waals surface area (Å²) in [5.41, 5.74) is 0.0612. The minimum Gasteiger partial charge on any atom is -0.409 e. The van der Waals surface area contributed by atoms with Gasteiger partial charge in [-0.25, -0.2) is 8.78 Å². The molecular formula is C17H23F2N3O. The zero-order valence-corrected chi connectivity index (χ0v) is 13.7. The molecule has 0 amide bonds. The van der Waals surface area contributed by atoms with Crippen LogP contribution in [0.15, 0.2) is 17.3 Å². The van der Waals surface area contributed by atoms with E-state index in [0.717, 1.165) is 38.1 Å². The Kier molecular flexibility index (Phi) is 4.04. The number of amidine groups is 1. The lowest BCUT2D eigenvalue weighted by molar-refractivity contribution is -0.0339. The van der Waals surface area contributed by atoms with Crippen LogP contribution in [0.3, 0.4) is 0 Å². The van der Waals surface area contributed by atoms with Crippen LogP contribution in [0, 0.1) is 24.5 Å². The number of piperidine rings is 3. The molecule has 0 radical (unpaired) electrons. The molecule has 4 rings (SSSR count). The molecule has 2 N–H and O–H groups in total. The summed E-state index contributed by atoms with van der Waals surface area (Å²) in [6.45, 7) is 7.87. The molecule has 0 unspecified atom stereocenters. The van der Waals surface area contributed by atoms with Crippen molar-refractivity contribution < 1.29 is 14.0 Å². The average molecular weight is 323 g/mol. The smallest absolute Gasteiger partial charge is 0.176 e. The molecule has 3 heterocycles. The van der Waals surface area contributed by atoms with Crippen LogP contribution >= 0.6 is 0 Å². The molecule has 0 aromatic heterocycles. The van der Waals surface area contributed by atoms with E-state index in [4.69, 9.17) is 0 Å². The van der Waals surface area contributed by atoms with Gasteiger partial charge in [0, 0.05) is 11.6 Å². The standard InChI is InChI=1S/C17H23F2N3O/c1-10-8-14(19)12(9-13(10)18)16(21-23)20-15-11-4-6-22(7-5-11)17(15,2)3/h8-9,11,15,23H,4-7H2,1-3H3,(H,20,21)/t15-/m1/s1. The van der Waals surface area contributed by atoms with Crippen molar-refractivity contribution in [3.05, 3.63) is 34.9 Å². The third-order valence-corrected chi connectivity index (χ3v) is 5.48. The van der Waals surface area contributed by atoms with Gasteiger partial charge in [-0.3, -0.25) is 4.90 Å². The summed E-state index contributed by atoms with van der Waals surface area (Å²) in [7, 11) is 0. The zero-order chi connectivity index (χ0) is 16.8. The van der Waals surface area contributed by atoms with Gasteiger partial charge >= 0.3 is 0 Å². The van der Waals surface area contributed by atoms with Gasteiger partial charge in [-0.1, -0.05) is 5.16 Å². The number of hydrogen-bond acceptors (Lipinski definition) is 3. The second-order valence-corrected chi connectivity index (χ2v) is 7.13. The fraction of sp³-hybridized carbons (Fsp3) is 0.588. The summed E-state index contributed by atoms with van der Waals surface area (Å²) in [6, 6.07) is 2.24. The third-order valence-electron chi connectivity index (χ3n) is 5.48. The number of benzene rings is 1. The molecule has 3 saturated heterocycles. The predicted molar refractivity (Wildman–Crippen MR) is 84.7 cm³/mol. The molecule has 23 heavy (non-hydrogen) atoms. The predicted octanol–water partition coefficient (Wildman–Crippen LogP) is 2.87. The number of oxime groups is 1. The number of rotatable bonds is 2. The Morgan fingerprint density at radius 3 is 2.48 bits per heavy atom. The van der Waals surface area contributed by atoms with Crippen molar-refractivity contribution in [3.63, 3.8) is 0 Å². The number of nitrogens with one attached hydrogen (secondary N) is 1. The van der Waals surface area contributed by atoms with E-state index in [9.17, 15) is 14.0 Å². The van der Waals surface area contributed by atoms with Gasteiger partial charge in [0.1, 0.15) is 11.6 Å². The van der Waals surface area contributed by atoms with Gasteiger partial charge in [0.05, 0.1) is 5.56 Å². The van der Waals surface area contributed by atoms with Gasteiger partial charge in [-0.2, -0.15) is 0 Å². The molecule has 0 aliphatic carbocycles. The molecule has 2 bridgehead atoms. The minimum atomic E-state index is -0.594. The van der Waals surface area contributed by atoms with Crippen molar-refractivity contribution in [2.75, 3.05) is 13.1 Å². The summed E-state index contributed by atoms with van der Waals surface area (Å²) >= 11 is 0. The van der Waals surface area contributed by atoms with Gasteiger partial charge in [0.2, 0.25) is 0 Å². The molecule has 1 atom stereocenters. The summed E-state index contributed by atoms with van der Waals surface area (Å²) in [4.78, 5) is 2.39. The molecule has 1 aromatic carbocycles. The van der Waals surface area contributed by atoms with Crippen LogP contribution in [0.25, 0.3) is 0 Å². The Morgan fingerprint density at radius 2 is 1.91 bits per heavy atom. The second kappa shape index (κ2) is 5.74. The maximum Gasteiger partial charge on any atom is 0.176 e. The van der Waals surface area contributed by atoms with Crippen molar-refractivity contribution in [1.29, 1.82) is 0 Å². The quantitative estimate of drug-likeness (QED) is 0.381. The Hall–Kier alpha value is -1.69. The van der Waals surface area contributed by atoms with Crippen molar-refractivity contribution in [1.82, 2.24) is 10.2 Å². The molecule has 3 aliphatic heterocycles. The summed E-state index contributed by atoms with van der Waals surface area (Å²) in [5.74, 6) is -0.681. The van der Waals surface area contributed by atoms with Crippen LogP contribution in [0.5, 0.6) is 0 Å². The topological polar surface area (TPSA) is 47.9 Å². The number of hydrogen-bond donors (Lipinski definition) is 2. The zero-order valence-electron chi connectivity index (χ0n) is 13.7. The van der Waals surface area contributed by atoms with Gasteiger partial charge in [0.15, 0.2) is 5.84 Å². The first-order valence-corrected chi connectivity index (χ1v) is 8.04. The molecule has 4 nitrogen and oxygen atoms in total. The second-order valence-electron chi connectivity index (χ2n) is 7.13. The SMILES string of the molecule is Cc1cc(F)c(/C(=N\O)N[C@@H]2C3CCN(CC3)C2(C)C)cc1F. The van der Waals surface area contributed by atoms with Crippen molar-refractivity contribution >= 4 is 5.84 Å². The van der Waals surface area contributed by atoms with E-state index in [0.29, 0.717) is 5.92 Å². The third kappa shape index (κ3) is 2.69. The first-order valence-electron chi connectivity index (χ1n) is 8.04. The maximum absolute atomic E-state index is 14.2. The molecule has 6 heteroatoms. The van der Waals surface area contributed by atoms with E-state index >= 15 is 0 Å². The van der Waals surface area contributed by atoms with Crippen LogP contribution in [0.1, 0.15) is 37.8 Å². The first-order chi connectivity index (χ1) is 10.8. The van der Waals surface area contributed by atoms with Crippen molar-refractivity contribution in [3.8, 4) is 0 Å². The molecular weight excluding hydrogens is 300 g/mol. The van der Waals surface area contributed by atoms with Gasteiger partial charge in [-0.15, -0.1) is 0 Å². The van der Waals surface area contributed by atoms with E-state index in [2.05, 4.69) is 29.2 Å². The first kappa shape index (κ1) is 16.2. The summed E-state index contributed by atoms with van der Waals surface area (Å²) in [5, 5.41) is 15.8. The highest BCUT2D eigenvalue weighted by Crippen LogP contribution is 2.39. The van der Waals surface area contributed by atoms with Crippen LogP contribution in [-0.4, -0.2) is 40.6 Å². The number of fused-ring (bicyclic) bond motifs is 3. The normalized spacial score (nSPS) is 29.6. The fourth-order valence-corrected chi connectivity index (χ4v) is 4.01. The van der Waals surface area contributed by atoms with E-state index in [1.165, 1.54) is 6.92 Å². The lowest BCUT2D eigenvalue weighted by atomic mass is 9.72. The Balaban J connectivity index is 1.90. The Labute approximate surface area is 135 Å². The van der Waals surface area contributed by atoms with Crippen LogP contribution in [0.4, 0.5) is 8.78 Å². The van der Waals surface area contributed by atoms with Crippen LogP contribution in [-0.2, 0) is 0 Å². The van der Waals surface area contributed by atoms with E-state index in [-0.39, 0.29) is 28.5 Å². The minimum absolute atomic E-state index is 0.00627. The number of halogens is 2. The highest BCUT2D eigenvalue weighted by molar-refractivity contribution is 5.99. The molecule has 1 aromatic rings. The van der Waals surface area contributed by atoms with Crippen molar-refractivity contribution in [2.24, 2.45) is 11.1 Å². The number of nitrogens with zero attached hydrogens (tertiary/aromatic N) is 2.